The van der Waals surface area contributed by atoms with Crippen molar-refractivity contribution >= 4 is 23.3 Å². The van der Waals surface area contributed by atoms with Crippen molar-refractivity contribution < 1.29 is 33.1 Å². The molecule has 1 N–H and O–H groups in total. The second kappa shape index (κ2) is 10.0. The van der Waals surface area contributed by atoms with Crippen molar-refractivity contribution in [1.29, 1.82) is 0 Å². The number of benzene rings is 3. The zero-order valence-corrected chi connectivity index (χ0v) is 16.7. The lowest BCUT2D eigenvalue weighted by atomic mass is 10.2. The van der Waals surface area contributed by atoms with Crippen molar-refractivity contribution in [3.05, 3.63) is 88.2 Å². The summed E-state index contributed by atoms with van der Waals surface area (Å²) in [5.41, 5.74) is 0.427. The molecule has 3 aromatic carbocycles. The first kappa shape index (κ1) is 22.2. The van der Waals surface area contributed by atoms with E-state index in [1.165, 1.54) is 73.8 Å². The highest BCUT2D eigenvalue weighted by molar-refractivity contribution is 5.93. The number of nitro benzene ring substituents is 1. The van der Waals surface area contributed by atoms with E-state index in [2.05, 4.69) is 5.32 Å². The molecule has 0 aliphatic rings. The number of nitrogens with one attached hydrogen (secondary N) is 1. The van der Waals surface area contributed by atoms with Crippen LogP contribution in [0.15, 0.2) is 66.7 Å². The van der Waals surface area contributed by atoms with Crippen LogP contribution in [0.25, 0.3) is 0 Å². The molecule has 0 saturated heterocycles. The molecule has 9 nitrogen and oxygen atoms in total. The molecule has 0 atom stereocenters. The topological polar surface area (TPSA) is 117 Å². The quantitative estimate of drug-likeness (QED) is 0.244. The van der Waals surface area contributed by atoms with Gasteiger partial charge >= 0.3 is 5.97 Å². The van der Waals surface area contributed by atoms with Gasteiger partial charge in [0.1, 0.15) is 11.6 Å². The van der Waals surface area contributed by atoms with Gasteiger partial charge in [0, 0.05) is 17.8 Å². The third-order valence-electron chi connectivity index (χ3n) is 4.14. The highest BCUT2D eigenvalue weighted by Crippen LogP contribution is 2.29. The first-order valence-electron chi connectivity index (χ1n) is 9.18. The minimum absolute atomic E-state index is 0.128. The molecule has 32 heavy (non-hydrogen) atoms. The van der Waals surface area contributed by atoms with Crippen LogP contribution in [-0.2, 0) is 4.79 Å². The summed E-state index contributed by atoms with van der Waals surface area (Å²) in [5.74, 6) is -1.06. The molecule has 3 aromatic rings. The van der Waals surface area contributed by atoms with E-state index in [9.17, 15) is 24.1 Å². The molecule has 0 fully saturated rings. The van der Waals surface area contributed by atoms with Crippen LogP contribution >= 0.6 is 0 Å². The zero-order chi connectivity index (χ0) is 23.1. The number of nitro groups is 1. The van der Waals surface area contributed by atoms with Gasteiger partial charge in [-0.25, -0.2) is 9.18 Å². The number of carbonyl (C=O) groups excluding carboxylic acids is 2. The Balaban J connectivity index is 1.61. The van der Waals surface area contributed by atoms with Crippen molar-refractivity contribution in [2.45, 2.75) is 0 Å². The number of carbonyl (C=O) groups is 2. The summed E-state index contributed by atoms with van der Waals surface area (Å²) in [7, 11) is 1.37. The average molecular weight is 440 g/mol. The number of halogens is 1. The third-order valence-corrected chi connectivity index (χ3v) is 4.14. The van der Waals surface area contributed by atoms with Crippen molar-refractivity contribution in [2.75, 3.05) is 19.0 Å². The fourth-order valence-corrected chi connectivity index (χ4v) is 2.59. The molecule has 0 saturated carbocycles. The van der Waals surface area contributed by atoms with Crippen molar-refractivity contribution in [3.8, 4) is 17.2 Å². The highest BCUT2D eigenvalue weighted by atomic mass is 19.1. The van der Waals surface area contributed by atoms with E-state index in [1.807, 2.05) is 0 Å². The van der Waals surface area contributed by atoms with Crippen LogP contribution in [0.1, 0.15) is 10.4 Å². The molecule has 3 rings (SSSR count). The predicted molar refractivity (Wildman–Crippen MR) is 112 cm³/mol. The Hall–Kier alpha value is -4.47. The normalized spacial score (nSPS) is 10.2. The summed E-state index contributed by atoms with van der Waals surface area (Å²) in [4.78, 5) is 34.5. The van der Waals surface area contributed by atoms with Crippen LogP contribution in [0.3, 0.4) is 0 Å². The summed E-state index contributed by atoms with van der Waals surface area (Å²) in [6.07, 6.45) is 0. The lowest BCUT2D eigenvalue weighted by molar-refractivity contribution is -0.384. The second-order valence-electron chi connectivity index (χ2n) is 6.35. The van der Waals surface area contributed by atoms with Gasteiger partial charge in [-0.3, -0.25) is 14.9 Å². The van der Waals surface area contributed by atoms with E-state index in [0.717, 1.165) is 0 Å². The largest absolute Gasteiger partial charge is 0.493 e. The molecule has 0 unspecified atom stereocenters. The summed E-state index contributed by atoms with van der Waals surface area (Å²) in [6.45, 7) is -0.347. The van der Waals surface area contributed by atoms with Gasteiger partial charge in [0.2, 0.25) is 0 Å². The Morgan fingerprint density at radius 3 is 2.31 bits per heavy atom. The van der Waals surface area contributed by atoms with E-state index >= 15 is 0 Å². The van der Waals surface area contributed by atoms with Crippen molar-refractivity contribution in [1.82, 2.24) is 0 Å². The molecule has 1 amide bonds. The van der Waals surface area contributed by atoms with Gasteiger partial charge in [-0.05, 0) is 54.6 Å². The molecule has 0 heterocycles. The minimum Gasteiger partial charge on any atom is -0.493 e. The maximum atomic E-state index is 12.9. The Morgan fingerprint density at radius 1 is 1.00 bits per heavy atom. The van der Waals surface area contributed by atoms with Gasteiger partial charge in [-0.1, -0.05) is 0 Å². The van der Waals surface area contributed by atoms with Crippen molar-refractivity contribution in [3.63, 3.8) is 0 Å². The molecule has 0 aliphatic heterocycles. The van der Waals surface area contributed by atoms with Crippen LogP contribution < -0.4 is 19.5 Å². The molecule has 164 valence electrons. The molecular weight excluding hydrogens is 423 g/mol. The van der Waals surface area contributed by atoms with Crippen molar-refractivity contribution in [2.24, 2.45) is 0 Å². The molecule has 0 bridgehead atoms. The lowest BCUT2D eigenvalue weighted by Crippen LogP contribution is -2.20. The van der Waals surface area contributed by atoms with Crippen LogP contribution in [-0.4, -0.2) is 30.5 Å². The lowest BCUT2D eigenvalue weighted by Gasteiger charge is -2.12. The SMILES string of the molecule is COc1cc(C(=O)Oc2ccc([N+](=O)[O-])cc2)ccc1OCC(=O)Nc1ccc(F)cc1. The number of hydrogen-bond acceptors (Lipinski definition) is 7. The molecular formula is C22H17FN2O7. The summed E-state index contributed by atoms with van der Waals surface area (Å²) >= 11 is 0. The maximum absolute atomic E-state index is 12.9. The maximum Gasteiger partial charge on any atom is 0.343 e. The van der Waals surface area contributed by atoms with Crippen LogP contribution in [0, 0.1) is 15.9 Å². The van der Waals surface area contributed by atoms with Gasteiger partial charge in [0.05, 0.1) is 17.6 Å². The third kappa shape index (κ3) is 5.79. The second-order valence-corrected chi connectivity index (χ2v) is 6.35. The number of hydrogen-bond donors (Lipinski definition) is 1. The molecule has 0 spiro atoms. The van der Waals surface area contributed by atoms with Gasteiger partial charge < -0.3 is 19.5 Å². The molecule has 10 heteroatoms. The highest BCUT2D eigenvalue weighted by Gasteiger charge is 2.15. The predicted octanol–water partition coefficient (Wildman–Crippen LogP) is 3.98. The van der Waals surface area contributed by atoms with Gasteiger partial charge in [-0.15, -0.1) is 0 Å². The monoisotopic (exact) mass is 440 g/mol. The number of anilines is 1. The number of rotatable bonds is 8. The standard InChI is InChI=1S/C22H17FN2O7/c1-30-20-12-14(22(27)32-18-9-7-17(8-10-18)25(28)29)2-11-19(20)31-13-21(26)24-16-5-3-15(23)4-6-16/h2-12H,13H2,1H3,(H,24,26). The Kier molecular flexibility index (Phi) is 6.96. The summed E-state index contributed by atoms with van der Waals surface area (Å²) in [5, 5.41) is 13.2. The number of methoxy groups -OCH3 is 1. The van der Waals surface area contributed by atoms with Crippen LogP contribution in [0.2, 0.25) is 0 Å². The van der Waals surface area contributed by atoms with E-state index in [0.29, 0.717) is 5.69 Å². The number of non-ortho nitro benzene ring substituents is 1. The fourth-order valence-electron chi connectivity index (χ4n) is 2.59. The molecule has 0 radical (unpaired) electrons. The Labute approximate surface area is 181 Å². The van der Waals surface area contributed by atoms with Crippen LogP contribution in [0.4, 0.5) is 15.8 Å². The Bertz CT molecular complexity index is 1130. The van der Waals surface area contributed by atoms with Gasteiger partial charge in [0.25, 0.3) is 11.6 Å². The fraction of sp³-hybridized carbons (Fsp3) is 0.0909. The summed E-state index contributed by atoms with van der Waals surface area (Å²) in [6, 6.07) is 14.6. The van der Waals surface area contributed by atoms with E-state index in [-0.39, 0.29) is 35.1 Å². The smallest absolute Gasteiger partial charge is 0.343 e. The number of ether oxygens (including phenoxy) is 3. The van der Waals surface area contributed by atoms with E-state index < -0.39 is 22.6 Å². The number of esters is 1. The zero-order valence-electron chi connectivity index (χ0n) is 16.7. The van der Waals surface area contributed by atoms with Gasteiger partial charge in [0.15, 0.2) is 18.1 Å². The number of nitrogens with zero attached hydrogens (tertiary/aromatic N) is 1. The summed E-state index contributed by atoms with van der Waals surface area (Å²) < 4.78 is 28.8. The van der Waals surface area contributed by atoms with Gasteiger partial charge in [-0.2, -0.15) is 0 Å². The first-order valence-corrected chi connectivity index (χ1v) is 9.18. The first-order chi connectivity index (χ1) is 15.4. The molecule has 0 aromatic heterocycles. The average Bonchev–Trinajstić information content (AvgIpc) is 2.79. The minimum atomic E-state index is -0.710. The number of amides is 1. The Morgan fingerprint density at radius 2 is 1.69 bits per heavy atom. The van der Waals surface area contributed by atoms with Crippen LogP contribution in [0.5, 0.6) is 17.2 Å². The molecule has 0 aliphatic carbocycles. The van der Waals surface area contributed by atoms with E-state index in [1.54, 1.807) is 0 Å². The van der Waals surface area contributed by atoms with E-state index in [4.69, 9.17) is 14.2 Å².